The van der Waals surface area contributed by atoms with Crippen LogP contribution in [0.25, 0.3) is 0 Å². The van der Waals surface area contributed by atoms with Crippen LogP contribution in [-0.4, -0.2) is 37.2 Å². The van der Waals surface area contributed by atoms with E-state index < -0.39 is 6.10 Å². The number of hydrogen-bond donors (Lipinski definition) is 0. The molecule has 0 rings (SSSR count). The molecule has 74 heavy (non-hydrogen) atoms. The molecule has 0 aliphatic heterocycles. The summed E-state index contributed by atoms with van der Waals surface area (Å²) in [6.45, 7) is 6.50. The maximum atomic E-state index is 12.8. The molecule has 0 aliphatic rings. The lowest BCUT2D eigenvalue weighted by atomic mass is 10.1. The van der Waals surface area contributed by atoms with Crippen molar-refractivity contribution in [2.24, 2.45) is 0 Å². The quantitative estimate of drug-likeness (QED) is 0.0261. The number of ether oxygens (including phenoxy) is 3. The molecule has 0 fully saturated rings. The fourth-order valence-electron chi connectivity index (χ4n) is 8.44. The Labute approximate surface area is 457 Å². The largest absolute Gasteiger partial charge is 0.462 e. The summed E-state index contributed by atoms with van der Waals surface area (Å²) < 4.78 is 16.8. The zero-order valence-corrected chi connectivity index (χ0v) is 48.3. The Balaban J connectivity index is 4.15. The molecule has 0 aliphatic carbocycles. The highest BCUT2D eigenvalue weighted by Crippen LogP contribution is 2.15. The summed E-state index contributed by atoms with van der Waals surface area (Å²) in [6, 6.07) is 0. The van der Waals surface area contributed by atoms with Crippen molar-refractivity contribution < 1.29 is 28.6 Å². The van der Waals surface area contributed by atoms with Gasteiger partial charge in [-0.15, -0.1) is 0 Å². The van der Waals surface area contributed by atoms with E-state index in [9.17, 15) is 14.4 Å². The van der Waals surface area contributed by atoms with Gasteiger partial charge in [-0.1, -0.05) is 284 Å². The summed E-state index contributed by atoms with van der Waals surface area (Å²) in [5.74, 6) is -0.887. The summed E-state index contributed by atoms with van der Waals surface area (Å²) in [5.41, 5.74) is 0. The molecule has 0 bridgehead atoms. The summed E-state index contributed by atoms with van der Waals surface area (Å²) in [6.07, 6.45) is 83.9. The first-order valence-electron chi connectivity index (χ1n) is 30.9. The minimum atomic E-state index is -0.778. The maximum absolute atomic E-state index is 12.8. The molecule has 1 unspecified atom stereocenters. The van der Waals surface area contributed by atoms with Crippen LogP contribution >= 0.6 is 0 Å². The molecule has 0 N–H and O–H groups in total. The summed E-state index contributed by atoms with van der Waals surface area (Å²) in [5, 5.41) is 0. The Morgan fingerprint density at radius 2 is 0.527 bits per heavy atom. The molecular formula is C68H114O6. The molecule has 0 saturated carbocycles. The van der Waals surface area contributed by atoms with Gasteiger partial charge in [0.1, 0.15) is 13.2 Å². The van der Waals surface area contributed by atoms with E-state index in [1.807, 2.05) is 0 Å². The first-order valence-corrected chi connectivity index (χ1v) is 30.9. The predicted octanol–water partition coefficient (Wildman–Crippen LogP) is 21.0. The predicted molar refractivity (Wildman–Crippen MR) is 320 cm³/mol. The second-order valence-electron chi connectivity index (χ2n) is 20.2. The standard InChI is InChI=1S/C68H114O6/c1-4-7-10-13-16-19-22-23-24-25-26-27-28-29-30-31-32-33-34-35-36-37-38-39-40-41-42-43-44-45-47-49-52-55-58-61-67(70)73-64-65(63-72-66(69)60-57-54-51-48-21-18-15-12-9-6-3)74-68(71)62-59-56-53-50-46-20-17-14-11-8-5-2/h7,10,16,19,23-24,26-27,29-30,32-33,35-36,38-39,41-42,65H,4-6,8-9,11-15,17-18,20-22,25,28,31,34,37,40,43-64H2,1-3H3/b10-7-,19-16-,24-23-,27-26-,30-29-,33-32-,36-35-,39-38-,42-41-. The Morgan fingerprint density at radius 1 is 0.284 bits per heavy atom. The van der Waals surface area contributed by atoms with Crippen LogP contribution in [-0.2, 0) is 28.6 Å². The Hall–Kier alpha value is -3.93. The van der Waals surface area contributed by atoms with E-state index >= 15 is 0 Å². The van der Waals surface area contributed by atoms with Crippen LogP contribution in [0.15, 0.2) is 109 Å². The van der Waals surface area contributed by atoms with Crippen LogP contribution in [0.2, 0.25) is 0 Å². The van der Waals surface area contributed by atoms with Crippen molar-refractivity contribution >= 4 is 17.9 Å². The van der Waals surface area contributed by atoms with Gasteiger partial charge in [-0.3, -0.25) is 14.4 Å². The van der Waals surface area contributed by atoms with Crippen LogP contribution in [0.5, 0.6) is 0 Å². The van der Waals surface area contributed by atoms with E-state index in [-0.39, 0.29) is 31.1 Å². The number of allylic oxidation sites excluding steroid dienone is 18. The zero-order valence-electron chi connectivity index (χ0n) is 48.3. The third-order valence-electron chi connectivity index (χ3n) is 13.0. The van der Waals surface area contributed by atoms with Crippen LogP contribution < -0.4 is 0 Å². The average molecular weight is 1030 g/mol. The lowest BCUT2D eigenvalue weighted by Crippen LogP contribution is -2.30. The van der Waals surface area contributed by atoms with Gasteiger partial charge in [-0.05, 0) is 89.9 Å². The van der Waals surface area contributed by atoms with Crippen molar-refractivity contribution in [2.45, 2.75) is 290 Å². The van der Waals surface area contributed by atoms with Crippen LogP contribution in [0.1, 0.15) is 284 Å². The molecule has 0 heterocycles. The fraction of sp³-hybridized carbons (Fsp3) is 0.691. The minimum absolute atomic E-state index is 0.0775. The molecule has 0 aromatic rings. The van der Waals surface area contributed by atoms with E-state index in [0.29, 0.717) is 19.3 Å². The third-order valence-corrected chi connectivity index (χ3v) is 13.0. The van der Waals surface area contributed by atoms with Crippen LogP contribution in [0, 0.1) is 0 Å². The highest BCUT2D eigenvalue weighted by Gasteiger charge is 2.19. The fourth-order valence-corrected chi connectivity index (χ4v) is 8.44. The lowest BCUT2D eigenvalue weighted by Gasteiger charge is -2.18. The van der Waals surface area contributed by atoms with Gasteiger partial charge >= 0.3 is 17.9 Å². The molecule has 6 nitrogen and oxygen atoms in total. The molecule has 0 aromatic heterocycles. The molecule has 0 saturated heterocycles. The zero-order chi connectivity index (χ0) is 53.6. The van der Waals surface area contributed by atoms with Crippen molar-refractivity contribution in [1.29, 1.82) is 0 Å². The molecule has 1 atom stereocenters. The van der Waals surface area contributed by atoms with Gasteiger partial charge in [0.15, 0.2) is 6.10 Å². The summed E-state index contributed by atoms with van der Waals surface area (Å²) in [7, 11) is 0. The maximum Gasteiger partial charge on any atom is 0.306 e. The van der Waals surface area contributed by atoms with Crippen molar-refractivity contribution in [1.82, 2.24) is 0 Å². The van der Waals surface area contributed by atoms with Gasteiger partial charge in [0.05, 0.1) is 0 Å². The van der Waals surface area contributed by atoms with Crippen molar-refractivity contribution in [3.63, 3.8) is 0 Å². The van der Waals surface area contributed by atoms with E-state index in [1.54, 1.807) is 0 Å². The molecule has 0 aromatic carbocycles. The topological polar surface area (TPSA) is 78.9 Å². The van der Waals surface area contributed by atoms with Gasteiger partial charge in [0.2, 0.25) is 0 Å². The molecule has 0 amide bonds. The van der Waals surface area contributed by atoms with Crippen molar-refractivity contribution in [3.05, 3.63) is 109 Å². The van der Waals surface area contributed by atoms with Crippen molar-refractivity contribution in [3.8, 4) is 0 Å². The van der Waals surface area contributed by atoms with E-state index in [1.165, 1.54) is 122 Å². The molecular weight excluding hydrogens is 913 g/mol. The Morgan fingerprint density at radius 3 is 0.824 bits per heavy atom. The summed E-state index contributed by atoms with van der Waals surface area (Å²) >= 11 is 0. The van der Waals surface area contributed by atoms with Gasteiger partial charge in [0.25, 0.3) is 0 Å². The third kappa shape index (κ3) is 59.0. The first kappa shape index (κ1) is 70.1. The molecule has 0 spiro atoms. The van der Waals surface area contributed by atoms with Gasteiger partial charge < -0.3 is 14.2 Å². The van der Waals surface area contributed by atoms with Gasteiger partial charge in [0, 0.05) is 19.3 Å². The first-order chi connectivity index (χ1) is 36.5. The number of rotatable bonds is 55. The number of unbranched alkanes of at least 4 members (excludes halogenated alkanes) is 26. The van der Waals surface area contributed by atoms with E-state index in [4.69, 9.17) is 14.2 Å². The number of carbonyl (C=O) groups excluding carboxylic acids is 3. The normalized spacial score (nSPS) is 12.9. The second kappa shape index (κ2) is 61.6. The number of esters is 3. The van der Waals surface area contributed by atoms with Crippen LogP contribution in [0.3, 0.4) is 0 Å². The van der Waals surface area contributed by atoms with E-state index in [2.05, 4.69) is 130 Å². The van der Waals surface area contributed by atoms with Gasteiger partial charge in [-0.25, -0.2) is 0 Å². The van der Waals surface area contributed by atoms with Crippen molar-refractivity contribution in [2.75, 3.05) is 13.2 Å². The van der Waals surface area contributed by atoms with E-state index in [0.717, 1.165) is 122 Å². The Bertz CT molecular complexity index is 1510. The number of carbonyl (C=O) groups is 3. The molecule has 6 heteroatoms. The monoisotopic (exact) mass is 1030 g/mol. The average Bonchev–Trinajstić information content (AvgIpc) is 3.40. The summed E-state index contributed by atoms with van der Waals surface area (Å²) in [4.78, 5) is 38.0. The second-order valence-corrected chi connectivity index (χ2v) is 20.2. The highest BCUT2D eigenvalue weighted by molar-refractivity contribution is 5.71. The van der Waals surface area contributed by atoms with Crippen LogP contribution in [0.4, 0.5) is 0 Å². The SMILES string of the molecule is CC/C=C\C/C=C\C/C=C\C/C=C\C/C=C\C/C=C\C/C=C\C/C=C\C/C=C\CCCCCCCCCC(=O)OCC(COC(=O)CCCCCCCCCCCC)OC(=O)CCCCCCCCCCCCC. The molecule has 0 radical (unpaired) electrons. The highest BCUT2D eigenvalue weighted by atomic mass is 16.6. The molecule has 422 valence electrons. The Kier molecular flexibility index (Phi) is 58.3. The lowest BCUT2D eigenvalue weighted by molar-refractivity contribution is -0.167. The minimum Gasteiger partial charge on any atom is -0.462 e. The van der Waals surface area contributed by atoms with Gasteiger partial charge in [-0.2, -0.15) is 0 Å². The smallest absolute Gasteiger partial charge is 0.306 e. The number of hydrogen-bond acceptors (Lipinski definition) is 6.